The highest BCUT2D eigenvalue weighted by Crippen LogP contribution is 1.96. The second-order valence-corrected chi connectivity index (χ2v) is 2.75. The van der Waals surface area contributed by atoms with Gasteiger partial charge in [-0.3, -0.25) is 0 Å². The first-order valence-corrected chi connectivity index (χ1v) is 3.33. The zero-order valence-electron chi connectivity index (χ0n) is 6.50. The third kappa shape index (κ3) is 4.38. The summed E-state index contributed by atoms with van der Waals surface area (Å²) in [5.41, 5.74) is 0. The van der Waals surface area contributed by atoms with Gasteiger partial charge in [0.2, 0.25) is 0 Å². The maximum atomic E-state index is 10.2. The van der Waals surface area contributed by atoms with Crippen LogP contribution in [0.1, 0.15) is 13.3 Å². The lowest BCUT2D eigenvalue weighted by Crippen LogP contribution is -2.45. The van der Waals surface area contributed by atoms with Crippen molar-refractivity contribution in [3.8, 4) is 0 Å². The number of aliphatic carboxylic acids is 1. The molecule has 0 aromatic rings. The zero-order valence-corrected chi connectivity index (χ0v) is 6.50. The van der Waals surface area contributed by atoms with Crippen molar-refractivity contribution in [3.05, 3.63) is 0 Å². The van der Waals surface area contributed by atoms with Gasteiger partial charge in [0.1, 0.15) is 0 Å². The van der Waals surface area contributed by atoms with Crippen molar-refractivity contribution in [1.82, 2.24) is 0 Å². The van der Waals surface area contributed by atoms with E-state index in [1.54, 1.807) is 7.05 Å². The van der Waals surface area contributed by atoms with Crippen molar-refractivity contribution in [2.75, 3.05) is 20.1 Å². The van der Waals surface area contributed by atoms with Gasteiger partial charge < -0.3 is 9.50 Å². The highest BCUT2D eigenvalue weighted by Gasteiger charge is 2.17. The van der Waals surface area contributed by atoms with Gasteiger partial charge in [-0.2, -0.15) is 0 Å². The fraction of sp³-hybridized carbons (Fsp3) is 0.833. The molecule has 0 heterocycles. The Morgan fingerprint density at radius 1 is 1.70 bits per heavy atom. The molecule has 0 fully saturated rings. The van der Waals surface area contributed by atoms with Crippen molar-refractivity contribution in [1.29, 1.82) is 0 Å². The first-order valence-electron chi connectivity index (χ1n) is 3.33. The number of nitrogens with zero attached hydrogens (tertiary/aromatic N) is 1. The Morgan fingerprint density at radius 2 is 2.20 bits per heavy atom. The highest BCUT2D eigenvalue weighted by atomic mass is 16.4. The van der Waals surface area contributed by atoms with E-state index >= 15 is 0 Å². The van der Waals surface area contributed by atoms with Gasteiger partial charge in [0.15, 0.2) is 6.54 Å². The molecule has 0 aliphatic carbocycles. The summed E-state index contributed by atoms with van der Waals surface area (Å²) in [4.78, 5) is 10.2. The first-order chi connectivity index (χ1) is 4.48. The van der Waals surface area contributed by atoms with Crippen LogP contribution in [0.4, 0.5) is 0 Å². The molecule has 0 aromatic carbocycles. The Labute approximate surface area is 62.7 Å². The summed E-state index contributed by atoms with van der Waals surface area (Å²) in [5.74, 6) is -0.849. The Balaban J connectivity index is 3.74. The van der Waals surface area contributed by atoms with Crippen molar-refractivity contribution in [3.63, 3.8) is 0 Å². The standard InChI is InChI=1S/C6H13BNO2/c1-3-4-8(2,7)5-6(9)10/h3-5H2,1-2H3,(H,9,10)/q+1. The second-order valence-electron chi connectivity index (χ2n) is 2.75. The quantitative estimate of drug-likeness (QED) is 0.561. The van der Waals surface area contributed by atoms with Crippen LogP contribution >= 0.6 is 0 Å². The lowest BCUT2D eigenvalue weighted by atomic mass is 10.2. The Hall–Kier alpha value is -0.505. The lowest BCUT2D eigenvalue weighted by Gasteiger charge is -2.27. The molecule has 0 saturated heterocycles. The maximum absolute atomic E-state index is 10.2. The number of carboxylic acids is 1. The molecule has 0 rings (SSSR count). The molecule has 0 aliphatic heterocycles. The third-order valence-corrected chi connectivity index (χ3v) is 1.23. The molecule has 10 heavy (non-hydrogen) atoms. The third-order valence-electron chi connectivity index (χ3n) is 1.23. The Bertz CT molecular complexity index is 125. The number of quaternary nitrogens is 1. The molecule has 3 nitrogen and oxygen atoms in total. The van der Waals surface area contributed by atoms with E-state index in [-0.39, 0.29) is 10.9 Å². The Morgan fingerprint density at radius 3 is 2.50 bits per heavy atom. The van der Waals surface area contributed by atoms with Crippen LogP contribution < -0.4 is 0 Å². The normalized spacial score (nSPS) is 16.2. The molecule has 0 amide bonds. The summed E-state index contributed by atoms with van der Waals surface area (Å²) in [6.07, 6.45) is 0.903. The average molecular weight is 142 g/mol. The van der Waals surface area contributed by atoms with Crippen LogP contribution in [-0.2, 0) is 4.79 Å². The van der Waals surface area contributed by atoms with E-state index < -0.39 is 5.97 Å². The van der Waals surface area contributed by atoms with Gasteiger partial charge in [-0.15, -0.1) is 0 Å². The van der Waals surface area contributed by atoms with Gasteiger partial charge >= 0.3 is 14.0 Å². The molecule has 0 bridgehead atoms. The number of carboxylic acid groups (broad SMARTS) is 1. The minimum absolute atomic E-state index is 0.00611. The molecule has 4 heteroatoms. The van der Waals surface area contributed by atoms with Gasteiger partial charge in [0.25, 0.3) is 0 Å². The van der Waals surface area contributed by atoms with Crippen LogP contribution in [0.5, 0.6) is 0 Å². The average Bonchev–Trinajstić information content (AvgIpc) is 1.59. The van der Waals surface area contributed by atoms with Crippen LogP contribution in [0.25, 0.3) is 0 Å². The fourth-order valence-corrected chi connectivity index (χ4v) is 0.899. The summed E-state index contributed by atoms with van der Waals surface area (Å²) < 4.78 is 0.0752. The summed E-state index contributed by atoms with van der Waals surface area (Å²) >= 11 is 0. The van der Waals surface area contributed by atoms with E-state index in [2.05, 4.69) is 0 Å². The fourth-order valence-electron chi connectivity index (χ4n) is 0.899. The molecule has 56 valence electrons. The van der Waals surface area contributed by atoms with Crippen LogP contribution in [0, 0.1) is 0 Å². The van der Waals surface area contributed by atoms with E-state index in [0.717, 1.165) is 6.42 Å². The van der Waals surface area contributed by atoms with E-state index in [1.165, 1.54) is 0 Å². The predicted octanol–water partition coefficient (Wildman–Crippen LogP) is 0.0111. The van der Waals surface area contributed by atoms with Gasteiger partial charge in [0.05, 0.1) is 6.54 Å². The first kappa shape index (κ1) is 9.49. The highest BCUT2D eigenvalue weighted by molar-refractivity contribution is 5.98. The van der Waals surface area contributed by atoms with Crippen LogP contribution in [0.3, 0.4) is 0 Å². The number of hydrogen-bond donors (Lipinski definition) is 1. The summed E-state index contributed by atoms with van der Waals surface area (Å²) in [6, 6.07) is 0. The van der Waals surface area contributed by atoms with Gasteiger partial charge in [-0.1, -0.05) is 6.92 Å². The van der Waals surface area contributed by atoms with Crippen molar-refractivity contribution in [2.24, 2.45) is 0 Å². The van der Waals surface area contributed by atoms with Gasteiger partial charge in [-0.05, 0) is 6.42 Å². The molecule has 2 radical (unpaired) electrons. The van der Waals surface area contributed by atoms with E-state index in [9.17, 15) is 4.79 Å². The molecule has 1 N–H and O–H groups in total. The molecule has 0 spiro atoms. The molecular weight excluding hydrogens is 129 g/mol. The minimum atomic E-state index is -0.849. The maximum Gasteiger partial charge on any atom is 0.481 e. The topological polar surface area (TPSA) is 37.3 Å². The number of rotatable bonds is 4. The van der Waals surface area contributed by atoms with Crippen molar-refractivity contribution in [2.45, 2.75) is 13.3 Å². The summed E-state index contributed by atoms with van der Waals surface area (Å²) in [5, 5.41) is 8.38. The number of carbonyl (C=O) groups is 1. The van der Waals surface area contributed by atoms with Crippen LogP contribution in [-0.4, -0.2) is 43.6 Å². The molecular formula is C6H13BNO2+. The number of likely N-dealkylation sites (N-methyl/N-ethyl adjacent to an activating group) is 1. The van der Waals surface area contributed by atoms with E-state index in [1.807, 2.05) is 6.92 Å². The summed E-state index contributed by atoms with van der Waals surface area (Å²) in [6.45, 7) is 2.67. The molecule has 0 aliphatic rings. The molecule has 1 unspecified atom stereocenters. The predicted molar refractivity (Wildman–Crippen MR) is 39.6 cm³/mol. The molecule has 0 aromatic heterocycles. The monoisotopic (exact) mass is 142 g/mol. The summed E-state index contributed by atoms with van der Waals surface area (Å²) in [7, 11) is 7.29. The minimum Gasteiger partial charge on any atom is -0.477 e. The van der Waals surface area contributed by atoms with Crippen molar-refractivity contribution >= 4 is 14.0 Å². The SMILES string of the molecule is [B][N+](C)(CCC)CC(=O)O. The number of hydrogen-bond acceptors (Lipinski definition) is 1. The molecule has 1 atom stereocenters. The second kappa shape index (κ2) is 3.61. The zero-order chi connectivity index (χ0) is 8.20. The largest absolute Gasteiger partial charge is 0.481 e. The van der Waals surface area contributed by atoms with Gasteiger partial charge in [0, 0.05) is 7.05 Å². The lowest BCUT2D eigenvalue weighted by molar-refractivity contribution is -0.787. The van der Waals surface area contributed by atoms with Crippen LogP contribution in [0.2, 0.25) is 0 Å². The van der Waals surface area contributed by atoms with E-state index in [0.29, 0.717) is 6.54 Å². The molecule has 0 saturated carbocycles. The van der Waals surface area contributed by atoms with Crippen molar-refractivity contribution < 1.29 is 14.3 Å². The van der Waals surface area contributed by atoms with E-state index in [4.69, 9.17) is 13.1 Å². The van der Waals surface area contributed by atoms with Crippen LogP contribution in [0.15, 0.2) is 0 Å². The van der Waals surface area contributed by atoms with Gasteiger partial charge in [-0.25, -0.2) is 4.79 Å². The smallest absolute Gasteiger partial charge is 0.477 e. The Kier molecular flexibility index (Phi) is 3.43.